The minimum absolute atomic E-state index is 0.214. The molecule has 2 unspecified atom stereocenters. The van der Waals surface area contributed by atoms with Crippen molar-refractivity contribution in [3.8, 4) is 0 Å². The van der Waals surface area contributed by atoms with E-state index in [-0.39, 0.29) is 6.04 Å². The number of hydrogen-bond acceptors (Lipinski definition) is 3. The number of piperazine rings is 1. The van der Waals surface area contributed by atoms with E-state index < -0.39 is 0 Å². The van der Waals surface area contributed by atoms with Gasteiger partial charge in [-0.25, -0.2) is 0 Å². The monoisotopic (exact) mass is 315 g/mol. The molecule has 2 N–H and O–H groups in total. The van der Waals surface area contributed by atoms with Gasteiger partial charge in [0.15, 0.2) is 0 Å². The molecule has 1 heterocycles. The molecule has 1 aliphatic rings. The molecule has 2 rings (SSSR count). The molecule has 1 saturated heterocycles. The largest absolute Gasteiger partial charge is 0.329 e. The van der Waals surface area contributed by atoms with Crippen molar-refractivity contribution in [2.75, 3.05) is 32.7 Å². The molecule has 20 heavy (non-hydrogen) atoms. The fourth-order valence-corrected chi connectivity index (χ4v) is 3.30. The van der Waals surface area contributed by atoms with Gasteiger partial charge in [-0.15, -0.1) is 0 Å². The Hall–Kier alpha value is -0.320. The van der Waals surface area contributed by atoms with Gasteiger partial charge in [0.1, 0.15) is 0 Å². The summed E-state index contributed by atoms with van der Waals surface area (Å²) >= 11 is 12.1. The smallest absolute Gasteiger partial charge is 0.0595 e. The normalized spacial score (nSPS) is 22.9. The Morgan fingerprint density at radius 2 is 2.05 bits per heavy atom. The highest BCUT2D eigenvalue weighted by Gasteiger charge is 2.27. The standard InChI is InChI=1S/C15H23Cl2N3/c1-3-19-6-7-20(10-11(19)2)15(9-18)12-4-5-13(16)14(17)8-12/h4-5,8,11,15H,3,6-7,9-10,18H2,1-2H3. The van der Waals surface area contributed by atoms with Crippen LogP contribution in [0.1, 0.15) is 25.5 Å². The molecule has 2 atom stereocenters. The Morgan fingerprint density at radius 3 is 2.60 bits per heavy atom. The zero-order chi connectivity index (χ0) is 14.7. The molecule has 1 aromatic rings. The lowest BCUT2D eigenvalue weighted by molar-refractivity contribution is 0.0607. The highest BCUT2D eigenvalue weighted by molar-refractivity contribution is 6.42. The lowest BCUT2D eigenvalue weighted by Gasteiger charge is -2.42. The minimum Gasteiger partial charge on any atom is -0.329 e. The maximum atomic E-state index is 6.13. The molecule has 0 aromatic heterocycles. The fourth-order valence-electron chi connectivity index (χ4n) is 2.99. The molecule has 0 saturated carbocycles. The van der Waals surface area contributed by atoms with Crippen molar-refractivity contribution in [2.24, 2.45) is 5.73 Å². The first-order valence-corrected chi connectivity index (χ1v) is 7.95. The maximum Gasteiger partial charge on any atom is 0.0595 e. The van der Waals surface area contributed by atoms with Gasteiger partial charge in [-0.2, -0.15) is 0 Å². The van der Waals surface area contributed by atoms with Crippen molar-refractivity contribution in [3.63, 3.8) is 0 Å². The highest BCUT2D eigenvalue weighted by atomic mass is 35.5. The number of nitrogens with two attached hydrogens (primary N) is 1. The molecular weight excluding hydrogens is 293 g/mol. The lowest BCUT2D eigenvalue weighted by atomic mass is 10.0. The number of rotatable bonds is 4. The van der Waals surface area contributed by atoms with Crippen molar-refractivity contribution in [2.45, 2.75) is 25.9 Å². The Bertz CT molecular complexity index is 453. The van der Waals surface area contributed by atoms with E-state index in [4.69, 9.17) is 28.9 Å². The molecule has 1 aliphatic heterocycles. The van der Waals surface area contributed by atoms with Crippen LogP contribution in [0.2, 0.25) is 10.0 Å². The molecule has 112 valence electrons. The third-order valence-electron chi connectivity index (χ3n) is 4.20. The van der Waals surface area contributed by atoms with Crippen molar-refractivity contribution in [1.82, 2.24) is 9.80 Å². The van der Waals surface area contributed by atoms with E-state index in [1.807, 2.05) is 18.2 Å². The average molecular weight is 316 g/mol. The molecule has 3 nitrogen and oxygen atoms in total. The Balaban J connectivity index is 2.14. The van der Waals surface area contributed by atoms with Gasteiger partial charge < -0.3 is 5.73 Å². The molecule has 1 aromatic carbocycles. The first-order valence-electron chi connectivity index (χ1n) is 7.20. The number of hydrogen-bond donors (Lipinski definition) is 1. The van der Waals surface area contributed by atoms with Crippen LogP contribution in [0.3, 0.4) is 0 Å². The molecule has 0 bridgehead atoms. The third kappa shape index (κ3) is 3.46. The topological polar surface area (TPSA) is 32.5 Å². The number of halogens is 2. The van der Waals surface area contributed by atoms with E-state index in [0.717, 1.165) is 31.7 Å². The zero-order valence-corrected chi connectivity index (χ0v) is 13.7. The van der Waals surface area contributed by atoms with E-state index in [1.165, 1.54) is 0 Å². The molecule has 0 spiro atoms. The SMILES string of the molecule is CCN1CCN(C(CN)c2ccc(Cl)c(Cl)c2)CC1C. The molecule has 0 aliphatic carbocycles. The minimum atomic E-state index is 0.214. The van der Waals surface area contributed by atoms with E-state index in [1.54, 1.807) is 0 Å². The van der Waals surface area contributed by atoms with E-state index >= 15 is 0 Å². The number of benzene rings is 1. The van der Waals surface area contributed by atoms with Crippen molar-refractivity contribution in [3.05, 3.63) is 33.8 Å². The summed E-state index contributed by atoms with van der Waals surface area (Å²) < 4.78 is 0. The zero-order valence-electron chi connectivity index (χ0n) is 12.1. The third-order valence-corrected chi connectivity index (χ3v) is 4.93. The Labute approximate surface area is 131 Å². The van der Waals surface area contributed by atoms with E-state index in [9.17, 15) is 0 Å². The summed E-state index contributed by atoms with van der Waals surface area (Å²) in [5, 5.41) is 1.19. The van der Waals surface area contributed by atoms with Crippen LogP contribution >= 0.6 is 23.2 Å². The highest BCUT2D eigenvalue weighted by Crippen LogP contribution is 2.29. The van der Waals surface area contributed by atoms with Gasteiger partial charge in [-0.05, 0) is 31.2 Å². The first kappa shape index (κ1) is 16.1. The van der Waals surface area contributed by atoms with Gasteiger partial charge in [0.05, 0.1) is 10.0 Å². The summed E-state index contributed by atoms with van der Waals surface area (Å²) in [5.74, 6) is 0. The summed E-state index contributed by atoms with van der Waals surface area (Å²) in [6.07, 6.45) is 0. The molecular formula is C15H23Cl2N3. The lowest BCUT2D eigenvalue weighted by Crippen LogP contribution is -2.53. The number of nitrogens with zero attached hydrogens (tertiary/aromatic N) is 2. The van der Waals surface area contributed by atoms with Crippen molar-refractivity contribution < 1.29 is 0 Å². The van der Waals surface area contributed by atoms with Crippen LogP contribution in [-0.4, -0.2) is 48.6 Å². The predicted molar refractivity (Wildman–Crippen MR) is 86.5 cm³/mol. The van der Waals surface area contributed by atoms with Crippen molar-refractivity contribution in [1.29, 1.82) is 0 Å². The van der Waals surface area contributed by atoms with E-state index in [0.29, 0.717) is 22.6 Å². The molecule has 5 heteroatoms. The summed E-state index contributed by atoms with van der Waals surface area (Å²) in [6.45, 7) is 9.36. The first-order chi connectivity index (χ1) is 9.56. The van der Waals surface area contributed by atoms with Gasteiger partial charge >= 0.3 is 0 Å². The van der Waals surface area contributed by atoms with Crippen LogP contribution in [0.5, 0.6) is 0 Å². The Morgan fingerprint density at radius 1 is 1.30 bits per heavy atom. The summed E-state index contributed by atoms with van der Waals surface area (Å²) in [4.78, 5) is 4.95. The van der Waals surface area contributed by atoms with Gasteiger partial charge in [0.25, 0.3) is 0 Å². The second-order valence-electron chi connectivity index (χ2n) is 5.40. The average Bonchev–Trinajstić information content (AvgIpc) is 2.44. The van der Waals surface area contributed by atoms with E-state index in [2.05, 4.69) is 23.6 Å². The van der Waals surface area contributed by atoms with Gasteiger partial charge in [0.2, 0.25) is 0 Å². The molecule has 0 amide bonds. The predicted octanol–water partition coefficient (Wildman–Crippen LogP) is 3.02. The van der Waals surface area contributed by atoms with Crippen molar-refractivity contribution >= 4 is 23.2 Å². The maximum absolute atomic E-state index is 6.13. The quantitative estimate of drug-likeness (QED) is 0.927. The van der Waals surface area contributed by atoms with Crippen LogP contribution in [-0.2, 0) is 0 Å². The van der Waals surface area contributed by atoms with Crippen LogP contribution in [0.25, 0.3) is 0 Å². The summed E-state index contributed by atoms with van der Waals surface area (Å²) in [6, 6.07) is 6.60. The van der Waals surface area contributed by atoms with Crippen LogP contribution in [0.4, 0.5) is 0 Å². The summed E-state index contributed by atoms with van der Waals surface area (Å²) in [5.41, 5.74) is 7.16. The van der Waals surface area contributed by atoms with Gasteiger partial charge in [-0.1, -0.05) is 36.2 Å². The number of likely N-dealkylation sites (N-methyl/N-ethyl adjacent to an activating group) is 1. The van der Waals surface area contributed by atoms with Crippen LogP contribution in [0.15, 0.2) is 18.2 Å². The van der Waals surface area contributed by atoms with Gasteiger partial charge in [0, 0.05) is 38.3 Å². The second-order valence-corrected chi connectivity index (χ2v) is 6.21. The molecule has 0 radical (unpaired) electrons. The fraction of sp³-hybridized carbons (Fsp3) is 0.600. The summed E-state index contributed by atoms with van der Waals surface area (Å²) in [7, 11) is 0. The second kappa shape index (κ2) is 7.10. The molecule has 1 fully saturated rings. The van der Waals surface area contributed by atoms with Crippen LogP contribution < -0.4 is 5.73 Å². The van der Waals surface area contributed by atoms with Gasteiger partial charge in [-0.3, -0.25) is 9.80 Å². The van der Waals surface area contributed by atoms with Crippen LogP contribution in [0, 0.1) is 0 Å². The Kier molecular flexibility index (Phi) is 5.70.